The van der Waals surface area contributed by atoms with E-state index < -0.39 is 0 Å². The lowest BCUT2D eigenvalue weighted by molar-refractivity contribution is -0.665. The first kappa shape index (κ1) is 17.7. The van der Waals surface area contributed by atoms with Gasteiger partial charge in [0, 0.05) is 13.0 Å². The summed E-state index contributed by atoms with van der Waals surface area (Å²) in [6.07, 6.45) is 1.13. The summed E-state index contributed by atoms with van der Waals surface area (Å²) < 4.78 is 2.33. The lowest BCUT2D eigenvalue weighted by Crippen LogP contribution is -2.35. The van der Waals surface area contributed by atoms with Gasteiger partial charge in [0.2, 0.25) is 5.69 Å². The average Bonchev–Trinajstić information content (AvgIpc) is 2.62. The quantitative estimate of drug-likeness (QED) is 0.380. The molecule has 0 aliphatic rings. The zero-order valence-electron chi connectivity index (χ0n) is 17.0. The lowest BCUT2D eigenvalue weighted by Gasteiger charge is -2.13. The van der Waals surface area contributed by atoms with Crippen LogP contribution < -0.4 is 4.57 Å². The minimum absolute atomic E-state index is 0.672. The number of aryl methyl sites for hydroxylation is 2. The van der Waals surface area contributed by atoms with Crippen LogP contribution in [0.25, 0.3) is 32.8 Å². The van der Waals surface area contributed by atoms with Gasteiger partial charge in [0.15, 0.2) is 5.69 Å². The Balaban J connectivity index is 2.00. The van der Waals surface area contributed by atoms with E-state index >= 15 is 0 Å². The average molecular weight is 355 g/mol. The molecule has 4 aromatic rings. The molecule has 27 heavy (non-hydrogen) atoms. The van der Waals surface area contributed by atoms with E-state index in [1.807, 2.05) is 0 Å². The number of hydrogen-bond donors (Lipinski definition) is 0. The van der Waals surface area contributed by atoms with Crippen LogP contribution in [0.3, 0.4) is 0 Å². The lowest BCUT2D eigenvalue weighted by atomic mass is 9.94. The Morgan fingerprint density at radius 3 is 2.22 bits per heavy atom. The van der Waals surface area contributed by atoms with Crippen molar-refractivity contribution in [2.75, 3.05) is 0 Å². The van der Waals surface area contributed by atoms with Crippen molar-refractivity contribution in [1.29, 1.82) is 0 Å². The Hall–Kier alpha value is -2.67. The second kappa shape index (κ2) is 6.81. The van der Waals surface area contributed by atoms with Crippen molar-refractivity contribution in [2.24, 2.45) is 13.0 Å². The van der Waals surface area contributed by atoms with Gasteiger partial charge in [0.25, 0.3) is 0 Å². The number of aromatic nitrogens is 1. The standard InChI is InChI=1S/C26H28N/c1-17(2)12-20-10-11-24-23(15-20)14-19(4)27(5)26(24)25-16-22-9-7-6-8-21(22)13-18(25)3/h6-11,13-17H,12H2,1-5H3/q+1. The second-order valence-electron chi connectivity index (χ2n) is 8.23. The van der Waals surface area contributed by atoms with Gasteiger partial charge in [-0.25, -0.2) is 0 Å². The zero-order chi connectivity index (χ0) is 19.1. The van der Waals surface area contributed by atoms with Crippen molar-refractivity contribution >= 4 is 21.5 Å². The van der Waals surface area contributed by atoms with Crippen molar-refractivity contribution in [2.45, 2.75) is 34.1 Å². The molecule has 1 aromatic heterocycles. The number of benzene rings is 3. The summed E-state index contributed by atoms with van der Waals surface area (Å²) in [5, 5.41) is 5.27. The van der Waals surface area contributed by atoms with Gasteiger partial charge >= 0.3 is 0 Å². The molecule has 0 amide bonds. The van der Waals surface area contributed by atoms with E-state index in [4.69, 9.17) is 0 Å². The number of pyridine rings is 1. The molecule has 1 nitrogen and oxygen atoms in total. The molecule has 0 fully saturated rings. The fraction of sp³-hybridized carbons (Fsp3) is 0.269. The minimum Gasteiger partial charge on any atom is -0.198 e. The number of rotatable bonds is 3. The largest absolute Gasteiger partial charge is 0.220 e. The van der Waals surface area contributed by atoms with Gasteiger partial charge in [0.05, 0.1) is 10.9 Å². The van der Waals surface area contributed by atoms with E-state index in [0.717, 1.165) is 6.42 Å². The molecule has 0 saturated heterocycles. The van der Waals surface area contributed by atoms with Gasteiger partial charge in [-0.15, -0.1) is 0 Å². The summed E-state index contributed by atoms with van der Waals surface area (Å²) in [5.41, 5.74) is 6.66. The highest BCUT2D eigenvalue weighted by molar-refractivity contribution is 5.97. The molecular weight excluding hydrogens is 326 g/mol. The first-order valence-electron chi connectivity index (χ1n) is 9.86. The van der Waals surface area contributed by atoms with Gasteiger partial charge in [-0.2, -0.15) is 4.57 Å². The van der Waals surface area contributed by atoms with Crippen LogP contribution in [0.2, 0.25) is 0 Å². The molecule has 0 N–H and O–H groups in total. The van der Waals surface area contributed by atoms with E-state index in [1.54, 1.807) is 0 Å². The Morgan fingerprint density at radius 2 is 1.52 bits per heavy atom. The van der Waals surface area contributed by atoms with Crippen molar-refractivity contribution in [3.8, 4) is 11.3 Å². The second-order valence-corrected chi connectivity index (χ2v) is 8.23. The first-order valence-corrected chi connectivity index (χ1v) is 9.86. The van der Waals surface area contributed by atoms with Crippen LogP contribution in [-0.4, -0.2) is 0 Å². The normalized spacial score (nSPS) is 11.6. The fourth-order valence-corrected chi connectivity index (χ4v) is 4.16. The van der Waals surface area contributed by atoms with Gasteiger partial charge < -0.3 is 0 Å². The summed E-state index contributed by atoms with van der Waals surface area (Å²) >= 11 is 0. The van der Waals surface area contributed by atoms with E-state index in [-0.39, 0.29) is 0 Å². The Kier molecular flexibility index (Phi) is 4.47. The van der Waals surface area contributed by atoms with Crippen LogP contribution in [0.15, 0.2) is 60.7 Å². The maximum Gasteiger partial charge on any atom is 0.220 e. The van der Waals surface area contributed by atoms with Crippen LogP contribution >= 0.6 is 0 Å². The maximum atomic E-state index is 2.38. The molecule has 1 heterocycles. The van der Waals surface area contributed by atoms with E-state index in [9.17, 15) is 0 Å². The Labute approximate surface area is 162 Å². The van der Waals surface area contributed by atoms with Crippen molar-refractivity contribution in [3.63, 3.8) is 0 Å². The van der Waals surface area contributed by atoms with Crippen LogP contribution in [-0.2, 0) is 13.5 Å². The van der Waals surface area contributed by atoms with Crippen LogP contribution in [0.4, 0.5) is 0 Å². The molecule has 0 aliphatic carbocycles. The van der Waals surface area contributed by atoms with Crippen molar-refractivity contribution in [3.05, 3.63) is 77.5 Å². The predicted molar refractivity (Wildman–Crippen MR) is 116 cm³/mol. The summed E-state index contributed by atoms with van der Waals surface area (Å²) in [5.74, 6) is 0.672. The smallest absolute Gasteiger partial charge is 0.198 e. The van der Waals surface area contributed by atoms with Gasteiger partial charge in [-0.05, 0) is 58.7 Å². The molecule has 0 aliphatic heterocycles. The number of hydrogen-bond acceptors (Lipinski definition) is 0. The highest BCUT2D eigenvalue weighted by Crippen LogP contribution is 2.32. The Morgan fingerprint density at radius 1 is 0.815 bits per heavy atom. The van der Waals surface area contributed by atoms with E-state index in [2.05, 4.69) is 100.0 Å². The molecule has 136 valence electrons. The molecular formula is C26H28N+. The molecule has 3 aromatic carbocycles. The zero-order valence-corrected chi connectivity index (χ0v) is 17.0. The van der Waals surface area contributed by atoms with Crippen molar-refractivity contribution < 1.29 is 4.57 Å². The summed E-state index contributed by atoms with van der Waals surface area (Å²) in [6, 6.07) is 22.6. The van der Waals surface area contributed by atoms with Gasteiger partial charge in [-0.1, -0.05) is 56.3 Å². The maximum absolute atomic E-state index is 2.38. The van der Waals surface area contributed by atoms with Crippen LogP contribution in [0, 0.1) is 19.8 Å². The molecule has 0 spiro atoms. The molecule has 0 bridgehead atoms. The van der Waals surface area contributed by atoms with E-state index in [1.165, 1.54) is 49.6 Å². The van der Waals surface area contributed by atoms with Crippen LogP contribution in [0.1, 0.15) is 30.7 Å². The van der Waals surface area contributed by atoms with Crippen LogP contribution in [0.5, 0.6) is 0 Å². The third-order valence-corrected chi connectivity index (χ3v) is 5.59. The molecule has 0 radical (unpaired) electrons. The molecule has 0 saturated carbocycles. The van der Waals surface area contributed by atoms with Gasteiger partial charge in [0.1, 0.15) is 7.05 Å². The third-order valence-electron chi connectivity index (χ3n) is 5.59. The summed E-state index contributed by atoms with van der Waals surface area (Å²) in [4.78, 5) is 0. The Bertz CT molecular complexity index is 1150. The summed E-state index contributed by atoms with van der Waals surface area (Å²) in [7, 11) is 2.18. The predicted octanol–water partition coefficient (Wildman–Crippen LogP) is 6.30. The molecule has 0 unspecified atom stereocenters. The minimum atomic E-state index is 0.672. The first-order chi connectivity index (χ1) is 12.9. The third kappa shape index (κ3) is 3.23. The summed E-state index contributed by atoms with van der Waals surface area (Å²) in [6.45, 7) is 8.99. The monoisotopic (exact) mass is 354 g/mol. The fourth-order valence-electron chi connectivity index (χ4n) is 4.16. The number of nitrogens with zero attached hydrogens (tertiary/aromatic N) is 1. The molecule has 1 heteroatoms. The van der Waals surface area contributed by atoms with E-state index in [0.29, 0.717) is 5.92 Å². The molecule has 4 rings (SSSR count). The highest BCUT2D eigenvalue weighted by Gasteiger charge is 2.20. The van der Waals surface area contributed by atoms with Gasteiger partial charge in [-0.3, -0.25) is 0 Å². The topological polar surface area (TPSA) is 3.88 Å². The highest BCUT2D eigenvalue weighted by atomic mass is 14.9. The van der Waals surface area contributed by atoms with Crippen molar-refractivity contribution in [1.82, 2.24) is 0 Å². The molecule has 0 atom stereocenters. The SMILES string of the molecule is Cc1cc2ccccc2cc1-c1c2ccc(CC(C)C)cc2cc(C)[n+]1C. The number of fused-ring (bicyclic) bond motifs is 2.